The third-order valence-electron chi connectivity index (χ3n) is 3.38. The molecule has 0 aromatic carbocycles. The van der Waals surface area contributed by atoms with Crippen LogP contribution in [0, 0.1) is 11.8 Å². The molecule has 0 aromatic rings. The Morgan fingerprint density at radius 3 is 2.20 bits per heavy atom. The van der Waals surface area contributed by atoms with E-state index in [0.29, 0.717) is 0 Å². The van der Waals surface area contributed by atoms with Crippen molar-refractivity contribution >= 4 is 0 Å². The molecule has 0 spiro atoms. The fourth-order valence-corrected chi connectivity index (χ4v) is 2.50. The summed E-state index contributed by atoms with van der Waals surface area (Å²) in [6.45, 7) is 11.4. The molecule has 1 aliphatic heterocycles. The van der Waals surface area contributed by atoms with Crippen molar-refractivity contribution in [3.8, 4) is 0 Å². The predicted molar refractivity (Wildman–Crippen MR) is 70.3 cm³/mol. The van der Waals surface area contributed by atoms with Crippen molar-refractivity contribution in [2.75, 3.05) is 20.1 Å². The van der Waals surface area contributed by atoms with Crippen LogP contribution in [-0.4, -0.2) is 25.0 Å². The van der Waals surface area contributed by atoms with Gasteiger partial charge in [-0.15, -0.1) is 0 Å². The molecule has 1 saturated heterocycles. The smallest absolute Gasteiger partial charge is 0.000975 e. The monoisotopic (exact) mass is 213 g/mol. The summed E-state index contributed by atoms with van der Waals surface area (Å²) in [6, 6.07) is 0. The molecule has 2 unspecified atom stereocenters. The van der Waals surface area contributed by atoms with Crippen molar-refractivity contribution in [1.82, 2.24) is 4.90 Å². The van der Waals surface area contributed by atoms with Crippen LogP contribution in [0.15, 0.2) is 0 Å². The average molecular weight is 213 g/mol. The first-order valence-corrected chi connectivity index (χ1v) is 6.92. The molecule has 0 aliphatic carbocycles. The van der Waals surface area contributed by atoms with E-state index in [0.717, 1.165) is 11.8 Å². The van der Waals surface area contributed by atoms with Crippen molar-refractivity contribution in [2.45, 2.75) is 59.8 Å². The first-order chi connectivity index (χ1) is 7.24. The van der Waals surface area contributed by atoms with E-state index >= 15 is 0 Å². The fraction of sp³-hybridized carbons (Fsp3) is 1.00. The van der Waals surface area contributed by atoms with E-state index in [1.54, 1.807) is 0 Å². The molecule has 0 saturated carbocycles. The van der Waals surface area contributed by atoms with Crippen LogP contribution < -0.4 is 0 Å². The zero-order chi connectivity index (χ0) is 11.7. The van der Waals surface area contributed by atoms with Gasteiger partial charge in [0.15, 0.2) is 0 Å². The molecule has 1 rings (SSSR count). The molecule has 0 aromatic heterocycles. The molecule has 92 valence electrons. The zero-order valence-corrected chi connectivity index (χ0v) is 11.6. The largest absolute Gasteiger partial charge is 0.306 e. The Labute approximate surface area is 97.2 Å². The van der Waals surface area contributed by atoms with Gasteiger partial charge in [0, 0.05) is 13.1 Å². The predicted octanol–water partition coefficient (Wildman–Crippen LogP) is 4.18. The van der Waals surface area contributed by atoms with E-state index in [9.17, 15) is 0 Å². The van der Waals surface area contributed by atoms with Crippen molar-refractivity contribution in [3.63, 3.8) is 0 Å². The second-order valence-electron chi connectivity index (χ2n) is 4.81. The van der Waals surface area contributed by atoms with Crippen molar-refractivity contribution in [2.24, 2.45) is 11.8 Å². The van der Waals surface area contributed by atoms with Gasteiger partial charge in [0.2, 0.25) is 0 Å². The molecule has 0 amide bonds. The van der Waals surface area contributed by atoms with Crippen LogP contribution >= 0.6 is 0 Å². The van der Waals surface area contributed by atoms with Crippen LogP contribution in [0.25, 0.3) is 0 Å². The van der Waals surface area contributed by atoms with Crippen LogP contribution in [0.2, 0.25) is 0 Å². The highest BCUT2D eigenvalue weighted by molar-refractivity contribution is 4.79. The van der Waals surface area contributed by atoms with Crippen LogP contribution in [-0.2, 0) is 0 Å². The Balaban J connectivity index is 0.000000921. The number of nitrogens with zero attached hydrogens (tertiary/aromatic N) is 1. The van der Waals surface area contributed by atoms with E-state index in [1.165, 1.54) is 45.2 Å². The van der Waals surface area contributed by atoms with Crippen molar-refractivity contribution < 1.29 is 0 Å². The topological polar surface area (TPSA) is 3.24 Å². The van der Waals surface area contributed by atoms with Gasteiger partial charge in [0.25, 0.3) is 0 Å². The Morgan fingerprint density at radius 2 is 1.73 bits per heavy atom. The maximum absolute atomic E-state index is 2.48. The summed E-state index contributed by atoms with van der Waals surface area (Å²) in [4.78, 5) is 2.48. The Morgan fingerprint density at radius 1 is 1.07 bits per heavy atom. The molecule has 1 heterocycles. The third-order valence-corrected chi connectivity index (χ3v) is 3.38. The second-order valence-corrected chi connectivity index (χ2v) is 4.81. The minimum absolute atomic E-state index is 0.937. The SMILES string of the molecule is CC.CCCCCCC1CN(C)CC1C. The lowest BCUT2D eigenvalue weighted by Crippen LogP contribution is -2.13. The first-order valence-electron chi connectivity index (χ1n) is 6.92. The lowest BCUT2D eigenvalue weighted by atomic mass is 9.92. The van der Waals surface area contributed by atoms with E-state index in [-0.39, 0.29) is 0 Å². The molecule has 1 fully saturated rings. The van der Waals surface area contributed by atoms with E-state index in [4.69, 9.17) is 0 Å². The van der Waals surface area contributed by atoms with Gasteiger partial charge < -0.3 is 4.90 Å². The number of unbranched alkanes of at least 4 members (excludes halogenated alkanes) is 3. The van der Waals surface area contributed by atoms with E-state index in [1.807, 2.05) is 13.8 Å². The standard InChI is InChI=1S/C12H25N.C2H6/c1-4-5-6-7-8-12-10-13(3)9-11(12)2;1-2/h11-12H,4-10H2,1-3H3;1-2H3. The highest BCUT2D eigenvalue weighted by Crippen LogP contribution is 2.26. The fourth-order valence-electron chi connectivity index (χ4n) is 2.50. The van der Waals surface area contributed by atoms with Gasteiger partial charge in [-0.3, -0.25) is 0 Å². The lowest BCUT2D eigenvalue weighted by Gasteiger charge is -2.13. The summed E-state index contributed by atoms with van der Waals surface area (Å²) in [5, 5.41) is 0. The normalized spacial score (nSPS) is 26.2. The summed E-state index contributed by atoms with van der Waals surface area (Å²) in [6.07, 6.45) is 7.16. The second kappa shape index (κ2) is 9.21. The summed E-state index contributed by atoms with van der Waals surface area (Å²) >= 11 is 0. The molecule has 0 bridgehead atoms. The van der Waals surface area contributed by atoms with Crippen LogP contribution in [0.3, 0.4) is 0 Å². The molecule has 2 atom stereocenters. The zero-order valence-electron chi connectivity index (χ0n) is 11.6. The minimum atomic E-state index is 0.937. The van der Waals surface area contributed by atoms with Gasteiger partial charge in [-0.05, 0) is 25.3 Å². The van der Waals surface area contributed by atoms with Gasteiger partial charge >= 0.3 is 0 Å². The third kappa shape index (κ3) is 6.19. The van der Waals surface area contributed by atoms with Crippen molar-refractivity contribution in [3.05, 3.63) is 0 Å². The molecule has 15 heavy (non-hydrogen) atoms. The molecule has 1 heteroatoms. The quantitative estimate of drug-likeness (QED) is 0.619. The maximum atomic E-state index is 2.48. The number of hydrogen-bond donors (Lipinski definition) is 0. The summed E-state index contributed by atoms with van der Waals surface area (Å²) in [5.74, 6) is 1.92. The average Bonchev–Trinajstić information content (AvgIpc) is 2.55. The van der Waals surface area contributed by atoms with Gasteiger partial charge in [-0.1, -0.05) is 53.4 Å². The van der Waals surface area contributed by atoms with E-state index in [2.05, 4.69) is 25.8 Å². The highest BCUT2D eigenvalue weighted by Gasteiger charge is 2.26. The number of likely N-dealkylation sites (tertiary alicyclic amines) is 1. The summed E-state index contributed by atoms with van der Waals surface area (Å²) in [7, 11) is 2.25. The summed E-state index contributed by atoms with van der Waals surface area (Å²) in [5.41, 5.74) is 0. The van der Waals surface area contributed by atoms with Gasteiger partial charge in [0.1, 0.15) is 0 Å². The number of rotatable bonds is 5. The molecule has 0 N–H and O–H groups in total. The van der Waals surface area contributed by atoms with Gasteiger partial charge in [0.05, 0.1) is 0 Å². The van der Waals surface area contributed by atoms with Gasteiger partial charge in [-0.2, -0.15) is 0 Å². The molecular formula is C14H31N. The molecule has 1 nitrogen and oxygen atoms in total. The Hall–Kier alpha value is -0.0400. The highest BCUT2D eigenvalue weighted by atomic mass is 15.1. The molecule has 1 aliphatic rings. The first kappa shape index (κ1) is 15.0. The van der Waals surface area contributed by atoms with Crippen LogP contribution in [0.5, 0.6) is 0 Å². The van der Waals surface area contributed by atoms with E-state index < -0.39 is 0 Å². The van der Waals surface area contributed by atoms with Crippen molar-refractivity contribution in [1.29, 1.82) is 0 Å². The van der Waals surface area contributed by atoms with Crippen LogP contribution in [0.4, 0.5) is 0 Å². The van der Waals surface area contributed by atoms with Gasteiger partial charge in [-0.25, -0.2) is 0 Å². The Kier molecular flexibility index (Phi) is 9.18. The Bertz CT molecular complexity index is 133. The van der Waals surface area contributed by atoms with Crippen LogP contribution in [0.1, 0.15) is 59.8 Å². The molecular weight excluding hydrogens is 182 g/mol. The maximum Gasteiger partial charge on any atom is 0.000975 e. The lowest BCUT2D eigenvalue weighted by molar-refractivity contribution is 0.379. The minimum Gasteiger partial charge on any atom is -0.306 e. The molecule has 0 radical (unpaired) electrons. The number of hydrogen-bond acceptors (Lipinski definition) is 1. The summed E-state index contributed by atoms with van der Waals surface area (Å²) < 4.78 is 0.